The van der Waals surface area contributed by atoms with Gasteiger partial charge in [0.15, 0.2) is 0 Å². The van der Waals surface area contributed by atoms with Gasteiger partial charge in [0.05, 0.1) is 19.2 Å². The Labute approximate surface area is 150 Å². The lowest BCUT2D eigenvalue weighted by atomic mass is 10.1. The van der Waals surface area contributed by atoms with Crippen LogP contribution in [0.1, 0.15) is 21.5 Å². The van der Waals surface area contributed by atoms with Gasteiger partial charge in [-0.05, 0) is 36.2 Å². The normalized spacial score (nSPS) is 10.3. The number of carbonyl (C=O) groups is 2. The molecule has 2 aromatic rings. The molecule has 0 bridgehead atoms. The molecule has 0 aliphatic heterocycles. The van der Waals surface area contributed by atoms with E-state index in [1.807, 2.05) is 25.1 Å². The maximum absolute atomic E-state index is 12.2. The van der Waals surface area contributed by atoms with Crippen LogP contribution in [0.3, 0.4) is 0 Å². The van der Waals surface area contributed by atoms with Crippen LogP contribution in [-0.2, 0) is 15.3 Å². The highest BCUT2D eigenvalue weighted by Crippen LogP contribution is 2.32. The SMILES string of the molecule is COC(=O)C(=O)c1cccc(C)c1SCc1ccc(Cl)c(OC)c1. The number of thioether (sulfide) groups is 1. The molecule has 6 heteroatoms. The van der Waals surface area contributed by atoms with Crippen LogP contribution in [0.5, 0.6) is 5.75 Å². The quantitative estimate of drug-likeness (QED) is 0.331. The van der Waals surface area contributed by atoms with Crippen molar-refractivity contribution in [3.8, 4) is 5.75 Å². The third-order valence-electron chi connectivity index (χ3n) is 3.43. The van der Waals surface area contributed by atoms with E-state index in [9.17, 15) is 9.59 Å². The highest BCUT2D eigenvalue weighted by molar-refractivity contribution is 7.98. The van der Waals surface area contributed by atoms with Gasteiger partial charge in [-0.25, -0.2) is 4.79 Å². The summed E-state index contributed by atoms with van der Waals surface area (Å²) in [4.78, 5) is 24.5. The van der Waals surface area contributed by atoms with Crippen LogP contribution in [-0.4, -0.2) is 26.0 Å². The zero-order chi connectivity index (χ0) is 17.7. The van der Waals surface area contributed by atoms with E-state index in [1.165, 1.54) is 18.9 Å². The molecular weight excluding hydrogens is 348 g/mol. The number of ether oxygens (including phenoxy) is 2. The maximum atomic E-state index is 12.2. The molecule has 0 fully saturated rings. The Morgan fingerprint density at radius 2 is 1.92 bits per heavy atom. The van der Waals surface area contributed by atoms with Crippen LogP contribution in [0.25, 0.3) is 0 Å². The first kappa shape index (κ1) is 18.4. The summed E-state index contributed by atoms with van der Waals surface area (Å²) in [5, 5.41) is 0.545. The third kappa shape index (κ3) is 4.10. The highest BCUT2D eigenvalue weighted by Gasteiger charge is 2.21. The Morgan fingerprint density at radius 1 is 1.17 bits per heavy atom. The number of hydrogen-bond acceptors (Lipinski definition) is 5. The van der Waals surface area contributed by atoms with Gasteiger partial charge in [0.1, 0.15) is 5.75 Å². The van der Waals surface area contributed by atoms with Crippen LogP contribution in [0.2, 0.25) is 5.02 Å². The number of methoxy groups -OCH3 is 2. The number of rotatable bonds is 6. The minimum absolute atomic E-state index is 0.354. The van der Waals surface area contributed by atoms with Crippen LogP contribution >= 0.6 is 23.4 Å². The van der Waals surface area contributed by atoms with Crippen molar-refractivity contribution >= 4 is 35.1 Å². The first-order valence-electron chi connectivity index (χ1n) is 7.15. The molecule has 126 valence electrons. The van der Waals surface area contributed by atoms with Crippen LogP contribution in [0.15, 0.2) is 41.3 Å². The van der Waals surface area contributed by atoms with E-state index in [0.717, 1.165) is 16.0 Å². The minimum atomic E-state index is -0.865. The molecule has 0 saturated heterocycles. The molecule has 0 aliphatic carbocycles. The molecule has 4 nitrogen and oxygen atoms in total. The lowest BCUT2D eigenvalue weighted by Gasteiger charge is -2.11. The predicted molar refractivity (Wildman–Crippen MR) is 95.1 cm³/mol. The second kappa shape index (κ2) is 8.22. The molecule has 0 saturated carbocycles. The Balaban J connectivity index is 2.27. The monoisotopic (exact) mass is 364 g/mol. The predicted octanol–water partition coefficient (Wildman–Crippen LogP) is 4.31. The molecule has 0 aliphatic rings. The van der Waals surface area contributed by atoms with E-state index < -0.39 is 11.8 Å². The lowest BCUT2D eigenvalue weighted by Crippen LogP contribution is -2.16. The largest absolute Gasteiger partial charge is 0.495 e. The molecule has 0 N–H and O–H groups in total. The van der Waals surface area contributed by atoms with Gasteiger partial charge in [-0.2, -0.15) is 0 Å². The molecule has 2 rings (SSSR count). The summed E-state index contributed by atoms with van der Waals surface area (Å²) in [6.45, 7) is 1.90. The summed E-state index contributed by atoms with van der Waals surface area (Å²) in [6.07, 6.45) is 0. The summed E-state index contributed by atoms with van der Waals surface area (Å²) in [5.74, 6) is -0.293. The first-order valence-corrected chi connectivity index (χ1v) is 8.51. The molecule has 0 spiro atoms. The van der Waals surface area contributed by atoms with Gasteiger partial charge >= 0.3 is 5.97 Å². The van der Waals surface area contributed by atoms with Crippen molar-refractivity contribution in [2.75, 3.05) is 14.2 Å². The second-order valence-corrected chi connectivity index (χ2v) is 6.42. The lowest BCUT2D eigenvalue weighted by molar-refractivity contribution is -0.135. The van der Waals surface area contributed by atoms with Gasteiger partial charge in [-0.3, -0.25) is 4.79 Å². The molecule has 24 heavy (non-hydrogen) atoms. The average molecular weight is 365 g/mol. The van der Waals surface area contributed by atoms with Crippen molar-refractivity contribution in [2.24, 2.45) is 0 Å². The van der Waals surface area contributed by atoms with Gasteiger partial charge < -0.3 is 9.47 Å². The number of carbonyl (C=O) groups excluding carboxylic acids is 2. The molecule has 2 aromatic carbocycles. The van der Waals surface area contributed by atoms with Crippen molar-refractivity contribution in [3.63, 3.8) is 0 Å². The van der Waals surface area contributed by atoms with E-state index >= 15 is 0 Å². The number of ketones is 1. The number of hydrogen-bond donors (Lipinski definition) is 0. The van der Waals surface area contributed by atoms with E-state index in [-0.39, 0.29) is 0 Å². The van der Waals surface area contributed by atoms with Crippen molar-refractivity contribution in [1.29, 1.82) is 0 Å². The van der Waals surface area contributed by atoms with E-state index in [2.05, 4.69) is 4.74 Å². The van der Waals surface area contributed by atoms with E-state index in [4.69, 9.17) is 16.3 Å². The van der Waals surface area contributed by atoms with Crippen molar-refractivity contribution in [3.05, 3.63) is 58.1 Å². The Morgan fingerprint density at radius 3 is 2.58 bits per heavy atom. The van der Waals surface area contributed by atoms with Crippen molar-refractivity contribution in [2.45, 2.75) is 17.6 Å². The molecule has 0 radical (unpaired) electrons. The summed E-state index contributed by atoms with van der Waals surface area (Å²) < 4.78 is 9.75. The number of esters is 1. The number of aryl methyl sites for hydroxylation is 1. The van der Waals surface area contributed by atoms with Gasteiger partial charge in [0.2, 0.25) is 0 Å². The van der Waals surface area contributed by atoms with Crippen LogP contribution in [0, 0.1) is 6.92 Å². The molecule has 0 atom stereocenters. The van der Waals surface area contributed by atoms with E-state index in [1.54, 1.807) is 25.3 Å². The summed E-state index contributed by atoms with van der Waals surface area (Å²) in [7, 11) is 2.76. The fourth-order valence-electron chi connectivity index (χ4n) is 2.17. The summed E-state index contributed by atoms with van der Waals surface area (Å²) in [6, 6.07) is 10.8. The first-order chi connectivity index (χ1) is 11.5. The number of Topliss-reactive ketones (excluding diaryl/α,β-unsaturated/α-hetero) is 1. The van der Waals surface area contributed by atoms with Gasteiger partial charge in [-0.15, -0.1) is 11.8 Å². The smallest absolute Gasteiger partial charge is 0.379 e. The minimum Gasteiger partial charge on any atom is -0.495 e. The number of benzene rings is 2. The molecule has 0 aromatic heterocycles. The molecular formula is C18H17ClO4S. The van der Waals surface area contributed by atoms with Crippen molar-refractivity contribution in [1.82, 2.24) is 0 Å². The number of halogens is 1. The topological polar surface area (TPSA) is 52.6 Å². The highest BCUT2D eigenvalue weighted by atomic mass is 35.5. The van der Waals surface area contributed by atoms with Crippen molar-refractivity contribution < 1.29 is 19.1 Å². The Kier molecular flexibility index (Phi) is 6.29. The van der Waals surface area contributed by atoms with E-state index in [0.29, 0.717) is 22.1 Å². The van der Waals surface area contributed by atoms with Crippen LogP contribution < -0.4 is 4.74 Å². The molecule has 0 heterocycles. The van der Waals surface area contributed by atoms with Gasteiger partial charge in [0.25, 0.3) is 5.78 Å². The summed E-state index contributed by atoms with van der Waals surface area (Å²) >= 11 is 7.51. The fraction of sp³-hybridized carbons (Fsp3) is 0.222. The van der Waals surface area contributed by atoms with Crippen LogP contribution in [0.4, 0.5) is 0 Å². The second-order valence-electron chi connectivity index (χ2n) is 5.03. The molecule has 0 unspecified atom stereocenters. The molecule has 0 amide bonds. The fourth-order valence-corrected chi connectivity index (χ4v) is 3.47. The third-order valence-corrected chi connectivity index (χ3v) is 5.05. The Bertz CT molecular complexity index is 774. The Hall–Kier alpha value is -1.98. The van der Waals surface area contributed by atoms with Gasteiger partial charge in [0, 0.05) is 16.2 Å². The zero-order valence-electron chi connectivity index (χ0n) is 13.6. The maximum Gasteiger partial charge on any atom is 0.379 e. The average Bonchev–Trinajstić information content (AvgIpc) is 2.60. The zero-order valence-corrected chi connectivity index (χ0v) is 15.2. The van der Waals surface area contributed by atoms with Gasteiger partial charge in [-0.1, -0.05) is 29.8 Å². The summed E-state index contributed by atoms with van der Waals surface area (Å²) in [5.41, 5.74) is 2.28. The standard InChI is InChI=1S/C18H17ClO4S/c1-11-5-4-6-13(16(20)18(21)23-3)17(11)24-10-12-7-8-14(19)15(9-12)22-2/h4-9H,10H2,1-3H3.